The van der Waals surface area contributed by atoms with Gasteiger partial charge >= 0.3 is 0 Å². The Labute approximate surface area is 140 Å². The number of hydrogen-bond donors (Lipinski definition) is 0. The molecular weight excluding hydrogens is 302 g/mol. The first kappa shape index (κ1) is 14.2. The van der Waals surface area contributed by atoms with Gasteiger partial charge in [-0.25, -0.2) is 0 Å². The Morgan fingerprint density at radius 2 is 1.87 bits per heavy atom. The number of ether oxygens (including phenoxy) is 1. The molecule has 3 aromatic rings. The van der Waals surface area contributed by atoms with Crippen molar-refractivity contribution in [1.82, 2.24) is 0 Å². The van der Waals surface area contributed by atoms with Crippen molar-refractivity contribution in [2.24, 2.45) is 0 Å². The Balaban J connectivity index is 1.82. The minimum atomic E-state index is 0.898. The summed E-state index contributed by atoms with van der Waals surface area (Å²) in [6.45, 7) is 5.26. The molecule has 0 N–H and O–H groups in total. The van der Waals surface area contributed by atoms with Gasteiger partial charge < -0.3 is 4.74 Å². The number of hydrogen-bond acceptors (Lipinski definition) is 2. The van der Waals surface area contributed by atoms with Crippen molar-refractivity contribution in [2.45, 2.75) is 20.4 Å². The lowest BCUT2D eigenvalue weighted by Gasteiger charge is -2.17. The molecule has 2 nitrogen and oxygen atoms in total. The number of para-hydroxylation sites is 2. The predicted molar refractivity (Wildman–Crippen MR) is 96.4 cm³/mol. The van der Waals surface area contributed by atoms with Gasteiger partial charge in [-0.3, -0.25) is 0 Å². The maximum Gasteiger partial charge on any atom is 0.266 e. The second kappa shape index (κ2) is 5.67. The summed E-state index contributed by atoms with van der Waals surface area (Å²) in [5, 5.41) is 1.21. The van der Waals surface area contributed by atoms with Gasteiger partial charge in [-0.15, -0.1) is 0 Å². The van der Waals surface area contributed by atoms with Crippen LogP contribution in [0.4, 0.5) is 0 Å². The van der Waals surface area contributed by atoms with Gasteiger partial charge in [0.25, 0.3) is 5.01 Å². The van der Waals surface area contributed by atoms with E-state index in [1.54, 1.807) is 11.3 Å². The largest absolute Gasteiger partial charge is 0.456 e. The Morgan fingerprint density at radius 3 is 2.74 bits per heavy atom. The molecule has 2 aromatic carbocycles. The van der Waals surface area contributed by atoms with Crippen LogP contribution in [0, 0.1) is 0 Å². The van der Waals surface area contributed by atoms with E-state index in [9.17, 15) is 0 Å². The van der Waals surface area contributed by atoms with E-state index in [-0.39, 0.29) is 0 Å². The van der Waals surface area contributed by atoms with E-state index in [2.05, 4.69) is 60.9 Å². The van der Waals surface area contributed by atoms with E-state index >= 15 is 0 Å². The zero-order valence-electron chi connectivity index (χ0n) is 13.2. The number of aryl methyl sites for hydroxylation is 1. The SMILES string of the molecule is CC[n+]1c(C=C2C=C(C)c3ccccc3O2)sc2ccccc21. The van der Waals surface area contributed by atoms with E-state index < -0.39 is 0 Å². The van der Waals surface area contributed by atoms with E-state index in [1.165, 1.54) is 26.4 Å². The number of benzene rings is 2. The minimum absolute atomic E-state index is 0.898. The summed E-state index contributed by atoms with van der Waals surface area (Å²) in [6.07, 6.45) is 4.26. The van der Waals surface area contributed by atoms with E-state index in [1.807, 2.05) is 18.2 Å². The van der Waals surface area contributed by atoms with Gasteiger partial charge in [0, 0.05) is 11.6 Å². The molecule has 0 atom stereocenters. The van der Waals surface area contributed by atoms with E-state index in [0.717, 1.165) is 18.1 Å². The second-order valence-electron chi connectivity index (χ2n) is 5.62. The van der Waals surface area contributed by atoms with Crippen LogP contribution < -0.4 is 9.30 Å². The Hall–Kier alpha value is -2.39. The number of rotatable bonds is 2. The number of fused-ring (bicyclic) bond motifs is 2. The van der Waals surface area contributed by atoms with Crippen LogP contribution in [0.15, 0.2) is 60.4 Å². The third kappa shape index (κ3) is 2.47. The van der Waals surface area contributed by atoms with Gasteiger partial charge in [0.2, 0.25) is 5.52 Å². The van der Waals surface area contributed by atoms with Crippen LogP contribution in [0.2, 0.25) is 0 Å². The zero-order valence-corrected chi connectivity index (χ0v) is 14.1. The van der Waals surface area contributed by atoms with Gasteiger partial charge in [-0.1, -0.05) is 41.7 Å². The molecule has 2 heterocycles. The third-order valence-electron chi connectivity index (χ3n) is 4.12. The maximum atomic E-state index is 6.08. The molecule has 0 unspecified atom stereocenters. The molecule has 4 rings (SSSR count). The third-order valence-corrected chi connectivity index (χ3v) is 5.23. The predicted octanol–water partition coefficient (Wildman–Crippen LogP) is 5.05. The fourth-order valence-corrected chi connectivity index (χ4v) is 4.18. The molecule has 114 valence electrons. The molecular formula is C20H18NOS+. The summed E-state index contributed by atoms with van der Waals surface area (Å²) in [5.74, 6) is 1.83. The van der Waals surface area contributed by atoms with Crippen molar-refractivity contribution in [2.75, 3.05) is 0 Å². The zero-order chi connectivity index (χ0) is 15.8. The average molecular weight is 320 g/mol. The molecule has 1 aliphatic heterocycles. The molecule has 0 fully saturated rings. The molecule has 1 aliphatic rings. The van der Waals surface area contributed by atoms with Crippen LogP contribution >= 0.6 is 11.3 Å². The number of nitrogens with zero attached hydrogens (tertiary/aromatic N) is 1. The number of thiazole rings is 1. The smallest absolute Gasteiger partial charge is 0.266 e. The van der Waals surface area contributed by atoms with Crippen molar-refractivity contribution < 1.29 is 9.30 Å². The van der Waals surface area contributed by atoms with Crippen molar-refractivity contribution in [3.8, 4) is 5.75 Å². The van der Waals surface area contributed by atoms with Crippen LogP contribution in [-0.4, -0.2) is 0 Å². The van der Waals surface area contributed by atoms with Gasteiger partial charge in [0.05, 0.1) is 6.08 Å². The fraction of sp³-hybridized carbons (Fsp3) is 0.150. The minimum Gasteiger partial charge on any atom is -0.456 e. The van der Waals surface area contributed by atoms with E-state index in [4.69, 9.17) is 4.74 Å². The lowest BCUT2D eigenvalue weighted by molar-refractivity contribution is -0.665. The Kier molecular flexibility index (Phi) is 3.50. The Bertz CT molecular complexity index is 949. The lowest BCUT2D eigenvalue weighted by Crippen LogP contribution is -2.33. The van der Waals surface area contributed by atoms with Crippen molar-refractivity contribution in [3.63, 3.8) is 0 Å². The van der Waals surface area contributed by atoms with Crippen LogP contribution in [0.5, 0.6) is 5.75 Å². The summed E-state index contributed by atoms with van der Waals surface area (Å²) in [7, 11) is 0. The van der Waals surface area contributed by atoms with Crippen molar-refractivity contribution in [1.29, 1.82) is 0 Å². The van der Waals surface area contributed by atoms with Crippen molar-refractivity contribution in [3.05, 3.63) is 70.9 Å². The highest BCUT2D eigenvalue weighted by atomic mass is 32.1. The lowest BCUT2D eigenvalue weighted by atomic mass is 10.0. The van der Waals surface area contributed by atoms with Gasteiger partial charge in [-0.2, -0.15) is 4.57 Å². The molecule has 1 aromatic heterocycles. The van der Waals surface area contributed by atoms with Crippen LogP contribution in [-0.2, 0) is 6.54 Å². The van der Waals surface area contributed by atoms with Gasteiger partial charge in [-0.05, 0) is 37.6 Å². The molecule has 23 heavy (non-hydrogen) atoms. The standard InChI is InChI=1S/C20H18NOS/c1-3-21-17-9-5-7-11-19(17)23-20(21)13-15-12-14(2)16-8-4-6-10-18(16)22-15/h4-13H,3H2,1-2H3/q+1. The number of allylic oxidation sites excluding steroid dienone is 2. The van der Waals surface area contributed by atoms with Crippen LogP contribution in [0.1, 0.15) is 24.4 Å². The quantitative estimate of drug-likeness (QED) is 0.603. The summed E-state index contributed by atoms with van der Waals surface area (Å²) in [4.78, 5) is 0. The van der Waals surface area contributed by atoms with Gasteiger partial charge in [0.1, 0.15) is 22.8 Å². The molecule has 0 saturated carbocycles. The Morgan fingerprint density at radius 1 is 1.09 bits per heavy atom. The normalized spacial score (nSPS) is 15.4. The molecule has 0 aliphatic carbocycles. The first-order valence-corrected chi connectivity index (χ1v) is 8.66. The molecule has 0 saturated heterocycles. The molecule has 3 heteroatoms. The van der Waals surface area contributed by atoms with Crippen molar-refractivity contribution >= 4 is 33.2 Å². The summed E-state index contributed by atoms with van der Waals surface area (Å²) < 4.78 is 9.72. The molecule has 0 amide bonds. The van der Waals surface area contributed by atoms with Crippen LogP contribution in [0.25, 0.3) is 21.9 Å². The first-order chi connectivity index (χ1) is 11.3. The highest BCUT2D eigenvalue weighted by Gasteiger charge is 2.19. The molecule has 0 spiro atoms. The highest BCUT2D eigenvalue weighted by molar-refractivity contribution is 7.18. The molecule has 0 bridgehead atoms. The summed E-state index contributed by atoms with van der Waals surface area (Å²) >= 11 is 1.80. The maximum absolute atomic E-state index is 6.08. The second-order valence-corrected chi connectivity index (χ2v) is 6.69. The fourth-order valence-electron chi connectivity index (χ4n) is 3.01. The first-order valence-electron chi connectivity index (χ1n) is 7.85. The average Bonchev–Trinajstić information content (AvgIpc) is 2.92. The topological polar surface area (TPSA) is 13.1 Å². The monoisotopic (exact) mass is 320 g/mol. The summed E-state index contributed by atoms with van der Waals surface area (Å²) in [5.41, 5.74) is 3.69. The molecule has 0 radical (unpaired) electrons. The van der Waals surface area contributed by atoms with Gasteiger partial charge in [0.15, 0.2) is 0 Å². The van der Waals surface area contributed by atoms with E-state index in [0.29, 0.717) is 0 Å². The number of aromatic nitrogens is 1. The highest BCUT2D eigenvalue weighted by Crippen LogP contribution is 2.33. The van der Waals surface area contributed by atoms with Crippen LogP contribution in [0.3, 0.4) is 0 Å². The summed E-state index contributed by atoms with van der Waals surface area (Å²) in [6, 6.07) is 16.7.